The molecule has 17 heavy (non-hydrogen) atoms. The van der Waals surface area contributed by atoms with Crippen LogP contribution in [0.1, 0.15) is 45.4 Å². The zero-order valence-corrected chi connectivity index (χ0v) is 10.9. The molecule has 0 bridgehead atoms. The number of rotatable bonds is 9. The number of nitrogens with zero attached hydrogens (tertiary/aromatic N) is 1. The Balaban J connectivity index is 3.50. The van der Waals surface area contributed by atoms with Crippen LogP contribution < -0.4 is 5.32 Å². The van der Waals surface area contributed by atoms with Crippen molar-refractivity contribution in [2.75, 3.05) is 20.1 Å². The van der Waals surface area contributed by atoms with Gasteiger partial charge in [-0.3, -0.25) is 4.79 Å². The molecule has 0 aromatic heterocycles. The number of hydrogen-bond acceptors (Lipinski definition) is 2. The zero-order valence-electron chi connectivity index (χ0n) is 10.9. The van der Waals surface area contributed by atoms with Crippen molar-refractivity contribution in [2.45, 2.75) is 45.4 Å². The average Bonchev–Trinajstić information content (AvgIpc) is 2.27. The molecule has 0 radical (unpaired) electrons. The second-order valence-electron chi connectivity index (χ2n) is 4.21. The summed E-state index contributed by atoms with van der Waals surface area (Å²) in [6, 6.07) is -0.119. The lowest BCUT2D eigenvalue weighted by atomic mass is 10.2. The van der Waals surface area contributed by atoms with Crippen LogP contribution in [0.4, 0.5) is 4.79 Å². The van der Waals surface area contributed by atoms with Crippen molar-refractivity contribution in [1.82, 2.24) is 10.2 Å². The third kappa shape index (κ3) is 9.66. The van der Waals surface area contributed by atoms with Gasteiger partial charge in [0, 0.05) is 26.6 Å². The van der Waals surface area contributed by atoms with E-state index in [2.05, 4.69) is 12.2 Å². The van der Waals surface area contributed by atoms with Gasteiger partial charge in [0.2, 0.25) is 0 Å². The maximum absolute atomic E-state index is 11.5. The number of amides is 2. The van der Waals surface area contributed by atoms with Crippen LogP contribution in [0.15, 0.2) is 0 Å². The van der Waals surface area contributed by atoms with Gasteiger partial charge in [-0.25, -0.2) is 4.79 Å². The van der Waals surface area contributed by atoms with E-state index in [1.165, 1.54) is 17.7 Å². The molecule has 0 aliphatic heterocycles. The molecule has 0 saturated heterocycles. The standard InChI is InChI=1S/C12H24N2O3/c1-3-4-5-6-9-13-12(17)14(2)10-7-8-11(15)16/h3-10H2,1-2H3,(H,13,17)(H,15,16). The maximum Gasteiger partial charge on any atom is 0.317 e. The number of carboxylic acids is 1. The van der Waals surface area contributed by atoms with Crippen LogP contribution in [0.3, 0.4) is 0 Å². The number of carbonyl (C=O) groups excluding carboxylic acids is 1. The molecule has 0 aromatic carbocycles. The van der Waals surface area contributed by atoms with E-state index >= 15 is 0 Å². The predicted octanol–water partition coefficient (Wildman–Crippen LogP) is 2.07. The van der Waals surface area contributed by atoms with E-state index in [1.807, 2.05) is 0 Å². The second kappa shape index (κ2) is 9.93. The van der Waals surface area contributed by atoms with Crippen LogP contribution in [-0.4, -0.2) is 42.1 Å². The minimum atomic E-state index is -0.821. The first-order chi connectivity index (χ1) is 8.07. The van der Waals surface area contributed by atoms with E-state index in [0.29, 0.717) is 19.5 Å². The third-order valence-corrected chi connectivity index (χ3v) is 2.54. The van der Waals surface area contributed by atoms with Crippen molar-refractivity contribution >= 4 is 12.0 Å². The summed E-state index contributed by atoms with van der Waals surface area (Å²) in [6.45, 7) is 3.32. The third-order valence-electron chi connectivity index (χ3n) is 2.54. The van der Waals surface area contributed by atoms with Crippen LogP contribution >= 0.6 is 0 Å². The lowest BCUT2D eigenvalue weighted by Gasteiger charge is -2.17. The lowest BCUT2D eigenvalue weighted by Crippen LogP contribution is -2.38. The van der Waals surface area contributed by atoms with Crippen molar-refractivity contribution in [3.8, 4) is 0 Å². The second-order valence-corrected chi connectivity index (χ2v) is 4.21. The molecule has 0 saturated carbocycles. The van der Waals surface area contributed by atoms with Gasteiger partial charge < -0.3 is 15.3 Å². The molecule has 0 unspecified atom stereocenters. The molecule has 5 nitrogen and oxygen atoms in total. The highest BCUT2D eigenvalue weighted by atomic mass is 16.4. The van der Waals surface area contributed by atoms with Gasteiger partial charge in [0.1, 0.15) is 0 Å². The molecule has 0 atom stereocenters. The fraction of sp³-hybridized carbons (Fsp3) is 0.833. The Morgan fingerprint density at radius 2 is 1.88 bits per heavy atom. The molecule has 0 fully saturated rings. The molecule has 0 heterocycles. The summed E-state index contributed by atoms with van der Waals surface area (Å²) in [6.07, 6.45) is 5.12. The number of nitrogens with one attached hydrogen (secondary N) is 1. The Kier molecular flexibility index (Phi) is 9.19. The fourth-order valence-corrected chi connectivity index (χ4v) is 1.45. The molecule has 2 amide bonds. The molecule has 5 heteroatoms. The van der Waals surface area contributed by atoms with E-state index in [4.69, 9.17) is 5.11 Å². The highest BCUT2D eigenvalue weighted by molar-refractivity contribution is 5.73. The summed E-state index contributed by atoms with van der Waals surface area (Å²) < 4.78 is 0. The van der Waals surface area contributed by atoms with Crippen LogP contribution in [0.2, 0.25) is 0 Å². The Morgan fingerprint density at radius 3 is 2.47 bits per heavy atom. The quantitative estimate of drug-likeness (QED) is 0.610. The molecule has 0 aliphatic rings. The first-order valence-electron chi connectivity index (χ1n) is 6.28. The molecule has 0 aromatic rings. The Morgan fingerprint density at radius 1 is 1.18 bits per heavy atom. The minimum Gasteiger partial charge on any atom is -0.481 e. The van der Waals surface area contributed by atoms with Gasteiger partial charge in [-0.15, -0.1) is 0 Å². The van der Waals surface area contributed by atoms with E-state index in [9.17, 15) is 9.59 Å². The topological polar surface area (TPSA) is 69.6 Å². The Hall–Kier alpha value is -1.26. The van der Waals surface area contributed by atoms with E-state index in [-0.39, 0.29) is 12.5 Å². The summed E-state index contributed by atoms with van der Waals surface area (Å²) in [5.41, 5.74) is 0. The Labute approximate surface area is 103 Å². The number of unbranched alkanes of at least 4 members (excludes halogenated alkanes) is 3. The van der Waals surface area contributed by atoms with Gasteiger partial charge in [0.15, 0.2) is 0 Å². The van der Waals surface area contributed by atoms with E-state index in [1.54, 1.807) is 7.05 Å². The zero-order chi connectivity index (χ0) is 13.1. The smallest absolute Gasteiger partial charge is 0.317 e. The monoisotopic (exact) mass is 244 g/mol. The molecule has 100 valence electrons. The first kappa shape index (κ1) is 15.7. The van der Waals surface area contributed by atoms with Gasteiger partial charge >= 0.3 is 12.0 Å². The van der Waals surface area contributed by atoms with Gasteiger partial charge in [-0.05, 0) is 12.8 Å². The van der Waals surface area contributed by atoms with Crippen LogP contribution in [0.25, 0.3) is 0 Å². The van der Waals surface area contributed by atoms with Crippen LogP contribution in [0.5, 0.6) is 0 Å². The molecule has 0 aliphatic carbocycles. The lowest BCUT2D eigenvalue weighted by molar-refractivity contribution is -0.137. The molecular formula is C12H24N2O3. The van der Waals surface area contributed by atoms with Crippen molar-refractivity contribution in [1.29, 1.82) is 0 Å². The molecule has 0 spiro atoms. The van der Waals surface area contributed by atoms with Crippen molar-refractivity contribution in [2.24, 2.45) is 0 Å². The summed E-state index contributed by atoms with van der Waals surface area (Å²) >= 11 is 0. The number of urea groups is 1. The van der Waals surface area contributed by atoms with Gasteiger partial charge in [-0.2, -0.15) is 0 Å². The van der Waals surface area contributed by atoms with Crippen molar-refractivity contribution < 1.29 is 14.7 Å². The first-order valence-corrected chi connectivity index (χ1v) is 6.28. The van der Waals surface area contributed by atoms with Crippen molar-refractivity contribution in [3.05, 3.63) is 0 Å². The summed E-state index contributed by atoms with van der Waals surface area (Å²) in [7, 11) is 1.68. The Bertz CT molecular complexity index is 232. The number of aliphatic carboxylic acids is 1. The summed E-state index contributed by atoms with van der Waals surface area (Å²) in [4.78, 5) is 23.4. The maximum atomic E-state index is 11.5. The number of carbonyl (C=O) groups is 2. The van der Waals surface area contributed by atoms with Gasteiger partial charge in [-0.1, -0.05) is 26.2 Å². The minimum absolute atomic E-state index is 0.105. The van der Waals surface area contributed by atoms with Crippen LogP contribution in [0, 0.1) is 0 Å². The van der Waals surface area contributed by atoms with E-state index in [0.717, 1.165) is 12.8 Å². The fourth-order valence-electron chi connectivity index (χ4n) is 1.45. The van der Waals surface area contributed by atoms with Crippen molar-refractivity contribution in [3.63, 3.8) is 0 Å². The molecular weight excluding hydrogens is 220 g/mol. The average molecular weight is 244 g/mol. The number of hydrogen-bond donors (Lipinski definition) is 2. The molecule has 0 rings (SSSR count). The predicted molar refractivity (Wildman–Crippen MR) is 67.0 cm³/mol. The largest absolute Gasteiger partial charge is 0.481 e. The highest BCUT2D eigenvalue weighted by Crippen LogP contribution is 1.98. The SMILES string of the molecule is CCCCCCNC(=O)N(C)CCCC(=O)O. The summed E-state index contributed by atoms with van der Waals surface area (Å²) in [5, 5.41) is 11.3. The van der Waals surface area contributed by atoms with Gasteiger partial charge in [0.05, 0.1) is 0 Å². The summed E-state index contributed by atoms with van der Waals surface area (Å²) in [5.74, 6) is -0.821. The van der Waals surface area contributed by atoms with E-state index < -0.39 is 5.97 Å². The normalized spacial score (nSPS) is 10.0. The van der Waals surface area contributed by atoms with Crippen LogP contribution in [-0.2, 0) is 4.79 Å². The number of carboxylic acid groups (broad SMARTS) is 1. The highest BCUT2D eigenvalue weighted by Gasteiger charge is 2.07. The molecule has 2 N–H and O–H groups in total. The van der Waals surface area contributed by atoms with Gasteiger partial charge in [0.25, 0.3) is 0 Å².